The topological polar surface area (TPSA) is 82.0 Å². The SMILES string of the molecule is Oc1cc(O)c2c(c1)OC1(CCNCC1)CC2O. The lowest BCUT2D eigenvalue weighted by Gasteiger charge is -2.43. The van der Waals surface area contributed by atoms with Crippen LogP contribution >= 0.6 is 0 Å². The molecule has 98 valence electrons. The number of nitrogens with one attached hydrogen (secondary N) is 1. The summed E-state index contributed by atoms with van der Waals surface area (Å²) >= 11 is 0. The van der Waals surface area contributed by atoms with E-state index < -0.39 is 6.10 Å². The van der Waals surface area contributed by atoms with E-state index in [1.54, 1.807) is 0 Å². The molecule has 0 radical (unpaired) electrons. The molecule has 2 heterocycles. The van der Waals surface area contributed by atoms with E-state index in [9.17, 15) is 15.3 Å². The van der Waals surface area contributed by atoms with Crippen LogP contribution in [0.4, 0.5) is 0 Å². The third kappa shape index (κ3) is 1.79. The van der Waals surface area contributed by atoms with E-state index in [0.29, 0.717) is 17.7 Å². The van der Waals surface area contributed by atoms with Crippen molar-refractivity contribution >= 4 is 0 Å². The number of aromatic hydroxyl groups is 2. The third-order valence-electron chi connectivity index (χ3n) is 3.84. The minimum Gasteiger partial charge on any atom is -0.508 e. The number of rotatable bonds is 0. The largest absolute Gasteiger partial charge is 0.508 e. The van der Waals surface area contributed by atoms with E-state index >= 15 is 0 Å². The lowest BCUT2D eigenvalue weighted by atomic mass is 9.82. The predicted molar refractivity (Wildman–Crippen MR) is 64.8 cm³/mol. The molecule has 1 fully saturated rings. The summed E-state index contributed by atoms with van der Waals surface area (Å²) in [5.41, 5.74) is 0.00899. The van der Waals surface area contributed by atoms with Crippen LogP contribution in [0, 0.1) is 0 Å². The number of fused-ring (bicyclic) bond motifs is 1. The minimum absolute atomic E-state index is 0.0514. The number of ether oxygens (including phenoxy) is 1. The summed E-state index contributed by atoms with van der Waals surface area (Å²) in [7, 11) is 0. The first-order valence-electron chi connectivity index (χ1n) is 6.23. The second-order valence-corrected chi connectivity index (χ2v) is 5.13. The normalized spacial score (nSPS) is 25.5. The van der Waals surface area contributed by atoms with Crippen molar-refractivity contribution in [1.29, 1.82) is 0 Å². The molecule has 2 aliphatic heterocycles. The molecule has 18 heavy (non-hydrogen) atoms. The van der Waals surface area contributed by atoms with Gasteiger partial charge in [0, 0.05) is 18.6 Å². The summed E-state index contributed by atoms with van der Waals surface area (Å²) in [6, 6.07) is 2.69. The number of aliphatic hydroxyl groups excluding tert-OH is 1. The first-order chi connectivity index (χ1) is 8.60. The lowest BCUT2D eigenvalue weighted by Crippen LogP contribution is -2.49. The zero-order chi connectivity index (χ0) is 12.8. The number of hydrogen-bond acceptors (Lipinski definition) is 5. The summed E-state index contributed by atoms with van der Waals surface area (Å²) in [4.78, 5) is 0. The van der Waals surface area contributed by atoms with Gasteiger partial charge < -0.3 is 25.4 Å². The predicted octanol–water partition coefficient (Wildman–Crippen LogP) is 1.04. The second kappa shape index (κ2) is 4.03. The Kier molecular flexibility index (Phi) is 2.60. The van der Waals surface area contributed by atoms with Gasteiger partial charge in [0.15, 0.2) is 0 Å². The molecule has 5 heteroatoms. The molecule has 5 nitrogen and oxygen atoms in total. The second-order valence-electron chi connectivity index (χ2n) is 5.13. The van der Waals surface area contributed by atoms with Crippen LogP contribution in [0.25, 0.3) is 0 Å². The maximum absolute atomic E-state index is 10.2. The number of phenols is 2. The maximum Gasteiger partial charge on any atom is 0.133 e. The van der Waals surface area contributed by atoms with Crippen molar-refractivity contribution in [2.45, 2.75) is 31.0 Å². The maximum atomic E-state index is 10.2. The number of aliphatic hydroxyl groups is 1. The highest BCUT2D eigenvalue weighted by Gasteiger charge is 2.42. The Bertz CT molecular complexity index is 468. The molecular weight excluding hydrogens is 234 g/mol. The van der Waals surface area contributed by atoms with Gasteiger partial charge >= 0.3 is 0 Å². The summed E-state index contributed by atoms with van der Waals surface area (Å²) < 4.78 is 5.97. The van der Waals surface area contributed by atoms with Gasteiger partial charge in [0.1, 0.15) is 22.8 Å². The fourth-order valence-corrected chi connectivity index (χ4v) is 2.94. The van der Waals surface area contributed by atoms with Crippen LogP contribution in [-0.2, 0) is 0 Å². The van der Waals surface area contributed by atoms with Crippen LogP contribution in [0.1, 0.15) is 30.9 Å². The van der Waals surface area contributed by atoms with Crippen molar-refractivity contribution in [3.05, 3.63) is 17.7 Å². The van der Waals surface area contributed by atoms with Gasteiger partial charge in [0.05, 0.1) is 11.7 Å². The van der Waals surface area contributed by atoms with Crippen LogP contribution < -0.4 is 10.1 Å². The Morgan fingerprint density at radius 2 is 1.94 bits per heavy atom. The molecule has 2 aliphatic rings. The third-order valence-corrected chi connectivity index (χ3v) is 3.84. The standard InChI is InChI=1S/C13H17NO4/c15-8-5-9(16)12-10(17)7-13(18-11(12)6-8)1-3-14-4-2-13/h5-6,10,14-17H,1-4,7H2. The van der Waals surface area contributed by atoms with E-state index in [1.165, 1.54) is 12.1 Å². The van der Waals surface area contributed by atoms with Crippen LogP contribution in [0.2, 0.25) is 0 Å². The van der Waals surface area contributed by atoms with Crippen molar-refractivity contribution in [3.8, 4) is 17.2 Å². The Morgan fingerprint density at radius 1 is 1.22 bits per heavy atom. The van der Waals surface area contributed by atoms with Gasteiger partial charge in [0.2, 0.25) is 0 Å². The molecule has 1 aromatic carbocycles. The van der Waals surface area contributed by atoms with E-state index in [1.807, 2.05) is 0 Å². The Labute approximate surface area is 105 Å². The monoisotopic (exact) mass is 251 g/mol. The van der Waals surface area contributed by atoms with Gasteiger partial charge in [-0.15, -0.1) is 0 Å². The van der Waals surface area contributed by atoms with Gasteiger partial charge in [-0.2, -0.15) is 0 Å². The highest BCUT2D eigenvalue weighted by molar-refractivity contribution is 5.52. The Morgan fingerprint density at radius 3 is 2.67 bits per heavy atom. The molecule has 3 rings (SSSR count). The highest BCUT2D eigenvalue weighted by Crippen LogP contribution is 2.48. The fourth-order valence-electron chi connectivity index (χ4n) is 2.94. The molecule has 1 aromatic rings. The Balaban J connectivity index is 2.01. The molecule has 1 saturated heterocycles. The van der Waals surface area contributed by atoms with Crippen molar-refractivity contribution in [3.63, 3.8) is 0 Å². The zero-order valence-corrected chi connectivity index (χ0v) is 10.0. The summed E-state index contributed by atoms with van der Waals surface area (Å²) in [5, 5.41) is 32.8. The first-order valence-corrected chi connectivity index (χ1v) is 6.23. The number of phenolic OH excluding ortho intramolecular Hbond substituents is 2. The average Bonchev–Trinajstić information content (AvgIpc) is 2.27. The average molecular weight is 251 g/mol. The molecule has 0 aliphatic carbocycles. The highest BCUT2D eigenvalue weighted by atomic mass is 16.5. The van der Waals surface area contributed by atoms with Gasteiger partial charge in [-0.05, 0) is 25.9 Å². The fraction of sp³-hybridized carbons (Fsp3) is 0.538. The molecule has 1 unspecified atom stereocenters. The lowest BCUT2D eigenvalue weighted by molar-refractivity contribution is -0.0347. The van der Waals surface area contributed by atoms with E-state index in [-0.39, 0.29) is 17.1 Å². The Hall–Kier alpha value is -1.46. The number of piperidine rings is 1. The molecular formula is C13H17NO4. The van der Waals surface area contributed by atoms with Gasteiger partial charge in [-0.3, -0.25) is 0 Å². The van der Waals surface area contributed by atoms with Crippen molar-refractivity contribution < 1.29 is 20.1 Å². The molecule has 0 bridgehead atoms. The minimum atomic E-state index is -0.743. The van der Waals surface area contributed by atoms with E-state index in [0.717, 1.165) is 25.9 Å². The smallest absolute Gasteiger partial charge is 0.133 e. The van der Waals surface area contributed by atoms with Crippen LogP contribution in [0.5, 0.6) is 17.2 Å². The van der Waals surface area contributed by atoms with E-state index in [2.05, 4.69) is 5.32 Å². The van der Waals surface area contributed by atoms with Crippen molar-refractivity contribution in [2.24, 2.45) is 0 Å². The van der Waals surface area contributed by atoms with Gasteiger partial charge in [-0.1, -0.05) is 0 Å². The molecule has 0 amide bonds. The number of benzene rings is 1. The molecule has 0 aromatic heterocycles. The van der Waals surface area contributed by atoms with Gasteiger partial charge in [-0.25, -0.2) is 0 Å². The van der Waals surface area contributed by atoms with Crippen LogP contribution in [0.15, 0.2) is 12.1 Å². The quantitative estimate of drug-likeness (QED) is 0.554. The van der Waals surface area contributed by atoms with Crippen LogP contribution in [0.3, 0.4) is 0 Å². The van der Waals surface area contributed by atoms with Crippen molar-refractivity contribution in [2.75, 3.05) is 13.1 Å². The summed E-state index contributed by atoms with van der Waals surface area (Å²) in [5.74, 6) is 0.235. The molecule has 1 atom stereocenters. The van der Waals surface area contributed by atoms with Crippen molar-refractivity contribution in [1.82, 2.24) is 5.32 Å². The van der Waals surface area contributed by atoms with Crippen LogP contribution in [-0.4, -0.2) is 34.0 Å². The van der Waals surface area contributed by atoms with Gasteiger partial charge in [0.25, 0.3) is 0 Å². The first kappa shape index (κ1) is 11.6. The summed E-state index contributed by atoms with van der Waals surface area (Å²) in [6.07, 6.45) is 1.38. The molecule has 4 N–H and O–H groups in total. The molecule has 1 spiro atoms. The number of hydrogen-bond donors (Lipinski definition) is 4. The summed E-state index contributed by atoms with van der Waals surface area (Å²) in [6.45, 7) is 1.71. The zero-order valence-electron chi connectivity index (χ0n) is 10.0. The molecule has 0 saturated carbocycles. The van der Waals surface area contributed by atoms with E-state index in [4.69, 9.17) is 4.74 Å².